The Morgan fingerprint density at radius 1 is 0.907 bits per heavy atom. The van der Waals surface area contributed by atoms with Crippen molar-refractivity contribution in [1.29, 1.82) is 0 Å². The van der Waals surface area contributed by atoms with Gasteiger partial charge in [0.25, 0.3) is 0 Å². The fourth-order valence-electron chi connectivity index (χ4n) is 7.19. The van der Waals surface area contributed by atoms with Gasteiger partial charge in [-0.1, -0.05) is 55.0 Å². The van der Waals surface area contributed by atoms with Crippen molar-refractivity contribution in [3.63, 3.8) is 0 Å². The molecular weight excluding hydrogens is 534 g/mol. The second-order valence-corrected chi connectivity index (χ2v) is 12.6. The number of ether oxygens (including phenoxy) is 2. The molecule has 3 aromatic carbocycles. The van der Waals surface area contributed by atoms with E-state index in [1.807, 2.05) is 0 Å². The zero-order valence-electron chi connectivity index (χ0n) is 25.8. The van der Waals surface area contributed by atoms with E-state index < -0.39 is 0 Å². The molecule has 1 aromatic heterocycles. The van der Waals surface area contributed by atoms with E-state index in [1.54, 1.807) is 7.11 Å². The summed E-state index contributed by atoms with van der Waals surface area (Å²) in [5.41, 5.74) is 5.10. The van der Waals surface area contributed by atoms with Crippen LogP contribution < -0.4 is 9.47 Å². The van der Waals surface area contributed by atoms with Crippen LogP contribution in [0.2, 0.25) is 0 Å². The summed E-state index contributed by atoms with van der Waals surface area (Å²) in [6.45, 7) is 5.10. The van der Waals surface area contributed by atoms with Crippen LogP contribution in [0.5, 0.6) is 11.5 Å². The van der Waals surface area contributed by atoms with Gasteiger partial charge in [0.2, 0.25) is 5.91 Å². The number of para-hydroxylation sites is 2. The van der Waals surface area contributed by atoms with Crippen molar-refractivity contribution < 1.29 is 14.3 Å². The van der Waals surface area contributed by atoms with Crippen LogP contribution in [0.25, 0.3) is 10.9 Å². The van der Waals surface area contributed by atoms with Gasteiger partial charge in [0.1, 0.15) is 18.1 Å². The highest BCUT2D eigenvalue weighted by atomic mass is 16.5. The molecule has 1 saturated heterocycles. The monoisotopic (exact) mass is 579 g/mol. The minimum atomic E-state index is 0.196. The summed E-state index contributed by atoms with van der Waals surface area (Å²) < 4.78 is 13.9. The van der Waals surface area contributed by atoms with Gasteiger partial charge in [0.05, 0.1) is 13.5 Å². The fourth-order valence-corrected chi connectivity index (χ4v) is 7.19. The van der Waals surface area contributed by atoms with Gasteiger partial charge in [-0.2, -0.15) is 0 Å². The van der Waals surface area contributed by atoms with Crippen molar-refractivity contribution >= 4 is 16.8 Å². The predicted molar refractivity (Wildman–Crippen MR) is 173 cm³/mol. The van der Waals surface area contributed by atoms with Crippen LogP contribution in [0.15, 0.2) is 79.0 Å². The smallest absolute Gasteiger partial charge is 0.227 e. The molecule has 4 aromatic rings. The molecule has 0 N–H and O–H groups in total. The van der Waals surface area contributed by atoms with Crippen molar-refractivity contribution in [3.8, 4) is 11.5 Å². The van der Waals surface area contributed by atoms with Gasteiger partial charge in [-0.3, -0.25) is 9.69 Å². The van der Waals surface area contributed by atoms with Crippen molar-refractivity contribution in [2.24, 2.45) is 12.5 Å². The summed E-state index contributed by atoms with van der Waals surface area (Å²) in [5, 5.41) is 1.18. The summed E-state index contributed by atoms with van der Waals surface area (Å²) >= 11 is 0. The Morgan fingerprint density at radius 3 is 2.49 bits per heavy atom. The maximum Gasteiger partial charge on any atom is 0.227 e. The number of benzene rings is 3. The van der Waals surface area contributed by atoms with Crippen molar-refractivity contribution in [2.75, 3.05) is 39.9 Å². The number of hydrogen-bond donors (Lipinski definition) is 0. The molecule has 6 nitrogen and oxygen atoms in total. The number of carbonyl (C=O) groups is 1. The highest BCUT2D eigenvalue weighted by Crippen LogP contribution is 2.39. The summed E-state index contributed by atoms with van der Waals surface area (Å²) in [7, 11) is 3.77. The fraction of sp³-hybridized carbons (Fsp3) is 0.432. The molecule has 1 spiro atoms. The number of rotatable bonds is 5. The van der Waals surface area contributed by atoms with Crippen LogP contribution in [-0.2, 0) is 31.2 Å². The zero-order valence-corrected chi connectivity index (χ0v) is 25.8. The minimum absolute atomic E-state index is 0.196. The summed E-state index contributed by atoms with van der Waals surface area (Å²) in [6, 6.07) is 25.3. The lowest BCUT2D eigenvalue weighted by Crippen LogP contribution is -2.48. The Hall–Kier alpha value is -3.77. The van der Waals surface area contributed by atoms with E-state index in [2.05, 4.69) is 100 Å². The van der Waals surface area contributed by atoms with E-state index in [0.29, 0.717) is 13.0 Å². The first kappa shape index (κ1) is 29.3. The first-order valence-electron chi connectivity index (χ1n) is 15.9. The van der Waals surface area contributed by atoms with Crippen LogP contribution in [0.4, 0.5) is 0 Å². The number of fused-ring (bicyclic) bond motifs is 2. The van der Waals surface area contributed by atoms with E-state index >= 15 is 0 Å². The molecule has 3 heterocycles. The van der Waals surface area contributed by atoms with Crippen LogP contribution in [0.1, 0.15) is 48.8 Å². The molecule has 2 aliphatic rings. The van der Waals surface area contributed by atoms with Crippen LogP contribution in [0.3, 0.4) is 0 Å². The number of likely N-dealkylation sites (tertiary alicyclic amines) is 1. The molecule has 2 aliphatic heterocycles. The predicted octanol–water partition coefficient (Wildman–Crippen LogP) is 6.65. The molecule has 0 saturated carbocycles. The number of aryl methyl sites for hydroxylation is 2. The molecular formula is C37H45N3O3. The quantitative estimate of drug-likeness (QED) is 0.266. The number of nitrogens with zero attached hydrogens (tertiary/aromatic N) is 3. The van der Waals surface area contributed by atoms with Gasteiger partial charge in [-0.25, -0.2) is 0 Å². The van der Waals surface area contributed by atoms with E-state index in [-0.39, 0.29) is 11.3 Å². The van der Waals surface area contributed by atoms with Gasteiger partial charge >= 0.3 is 0 Å². The van der Waals surface area contributed by atoms with Crippen molar-refractivity contribution in [1.82, 2.24) is 14.4 Å². The average molecular weight is 580 g/mol. The Bertz CT molecular complexity index is 1520. The second-order valence-electron chi connectivity index (χ2n) is 12.6. The largest absolute Gasteiger partial charge is 0.497 e. The number of carbonyl (C=O) groups excluding carboxylic acids is 1. The zero-order chi connectivity index (χ0) is 29.6. The number of piperidine rings is 1. The van der Waals surface area contributed by atoms with Crippen LogP contribution in [0, 0.1) is 5.41 Å². The summed E-state index contributed by atoms with van der Waals surface area (Å²) in [4.78, 5) is 18.3. The first-order chi connectivity index (χ1) is 21.0. The lowest BCUT2D eigenvalue weighted by atomic mass is 9.73. The maximum atomic E-state index is 13.6. The lowest BCUT2D eigenvalue weighted by molar-refractivity contribution is -0.133. The van der Waals surface area contributed by atoms with Crippen molar-refractivity contribution in [3.05, 3.63) is 95.7 Å². The van der Waals surface area contributed by atoms with E-state index in [4.69, 9.17) is 9.47 Å². The summed E-state index contributed by atoms with van der Waals surface area (Å²) in [6.07, 6.45) is 9.28. The third-order valence-corrected chi connectivity index (χ3v) is 9.66. The van der Waals surface area contributed by atoms with Crippen LogP contribution in [-0.4, -0.2) is 60.2 Å². The molecule has 1 fully saturated rings. The molecule has 226 valence electrons. The lowest BCUT2D eigenvalue weighted by Gasteiger charge is -2.45. The molecule has 0 atom stereocenters. The normalized spacial score (nSPS) is 18.0. The SMILES string of the molecule is COc1ccc(CN2CCOc3ccccc3CCCCC3(CCN(C(=O)Cc4cn(C)c5ccccc45)CC3)C2)cc1. The number of amides is 1. The Balaban J connectivity index is 1.17. The van der Waals surface area contributed by atoms with Crippen molar-refractivity contribution in [2.45, 2.75) is 51.5 Å². The first-order valence-corrected chi connectivity index (χ1v) is 15.9. The van der Waals surface area contributed by atoms with E-state index in [1.165, 1.54) is 34.9 Å². The molecule has 6 heteroatoms. The topological polar surface area (TPSA) is 46.9 Å². The molecule has 0 radical (unpaired) electrons. The average Bonchev–Trinajstić information content (AvgIpc) is 3.34. The molecule has 0 bridgehead atoms. The standard InChI is InChI=1S/C37H45N3O3/c1-38-27-31(33-11-4-5-12-34(33)38)25-36(41)40-21-19-37(20-22-40)18-8-7-10-30-9-3-6-13-35(30)43-24-23-39(28-37)26-29-14-16-32(42-2)17-15-29/h3-6,9,11-17,27H,7-8,10,18-26,28H2,1-2H3. The molecule has 43 heavy (non-hydrogen) atoms. The summed E-state index contributed by atoms with van der Waals surface area (Å²) in [5.74, 6) is 2.16. The van der Waals surface area contributed by atoms with Crippen LogP contribution >= 0.6 is 0 Å². The maximum absolute atomic E-state index is 13.6. The van der Waals surface area contributed by atoms with Gasteiger partial charge in [0.15, 0.2) is 0 Å². The molecule has 0 unspecified atom stereocenters. The van der Waals surface area contributed by atoms with Gasteiger partial charge in [-0.15, -0.1) is 0 Å². The molecule has 6 rings (SSSR count). The molecule has 0 aliphatic carbocycles. The van der Waals surface area contributed by atoms with E-state index in [0.717, 1.165) is 75.5 Å². The number of methoxy groups -OCH3 is 1. The highest BCUT2D eigenvalue weighted by molar-refractivity contribution is 5.89. The Labute approximate surface area is 256 Å². The minimum Gasteiger partial charge on any atom is -0.497 e. The molecule has 1 amide bonds. The Morgan fingerprint density at radius 2 is 1.67 bits per heavy atom. The number of hydrogen-bond acceptors (Lipinski definition) is 4. The third-order valence-electron chi connectivity index (χ3n) is 9.66. The van der Waals surface area contributed by atoms with E-state index in [9.17, 15) is 4.79 Å². The number of aromatic nitrogens is 1. The van der Waals surface area contributed by atoms with Gasteiger partial charge in [-0.05, 0) is 78.5 Å². The third kappa shape index (κ3) is 6.91. The second kappa shape index (κ2) is 13.3. The van der Waals surface area contributed by atoms with Gasteiger partial charge in [0, 0.05) is 56.9 Å². The van der Waals surface area contributed by atoms with Gasteiger partial charge < -0.3 is 18.9 Å². The highest BCUT2D eigenvalue weighted by Gasteiger charge is 2.37. The Kier molecular flexibility index (Phi) is 9.03.